The molecule has 0 aliphatic carbocycles. The Morgan fingerprint density at radius 1 is 0.962 bits per heavy atom. The molecule has 0 radical (unpaired) electrons. The summed E-state index contributed by atoms with van der Waals surface area (Å²) in [6, 6.07) is 21.6. The molecule has 0 heterocycles. The zero-order valence-corrected chi connectivity index (χ0v) is 18.4. The van der Waals surface area contributed by atoms with Crippen LogP contribution in [0.1, 0.15) is 34.6 Å². The van der Waals surface area contributed by atoms with E-state index in [1.165, 1.54) is 10.4 Å². The summed E-state index contributed by atoms with van der Waals surface area (Å²) >= 11 is 1.66. The zero-order valence-electron chi connectivity index (χ0n) is 16.6. The van der Waals surface area contributed by atoms with Gasteiger partial charge in [0.25, 0.3) is 8.32 Å². The van der Waals surface area contributed by atoms with E-state index in [1.54, 1.807) is 11.8 Å². The molecule has 138 valence electrons. The Bertz CT molecular complexity index is 686. The third-order valence-electron chi connectivity index (χ3n) is 4.49. The first-order valence-corrected chi connectivity index (χ1v) is 12.2. The predicted octanol–water partition coefficient (Wildman–Crippen LogP) is 4.91. The highest BCUT2D eigenvalue weighted by molar-refractivity contribution is 8.03. The molecule has 26 heavy (non-hydrogen) atoms. The van der Waals surface area contributed by atoms with Gasteiger partial charge in [-0.2, -0.15) is 0 Å². The first kappa shape index (κ1) is 20.8. The van der Waals surface area contributed by atoms with Crippen LogP contribution in [0.2, 0.25) is 5.04 Å². The van der Waals surface area contributed by atoms with Crippen LogP contribution in [0.4, 0.5) is 0 Å². The predicted molar refractivity (Wildman–Crippen MR) is 119 cm³/mol. The molecule has 0 amide bonds. The Hall–Kier alpha value is -1.47. The molecule has 1 nitrogen and oxygen atoms in total. The van der Waals surface area contributed by atoms with Crippen LogP contribution in [0.25, 0.3) is 0 Å². The number of thioether (sulfide) groups is 1. The summed E-state index contributed by atoms with van der Waals surface area (Å²) in [5, 5.41) is 5.85. The molecule has 0 bridgehead atoms. The van der Waals surface area contributed by atoms with Gasteiger partial charge < -0.3 is 4.43 Å². The molecule has 0 aliphatic heterocycles. The second-order valence-electron chi connectivity index (χ2n) is 7.55. The van der Waals surface area contributed by atoms with Crippen molar-refractivity contribution in [2.45, 2.75) is 39.7 Å². The van der Waals surface area contributed by atoms with Crippen molar-refractivity contribution in [3.8, 4) is 11.2 Å². The maximum Gasteiger partial charge on any atom is 0.261 e. The summed E-state index contributed by atoms with van der Waals surface area (Å²) < 4.78 is 6.89. The maximum atomic E-state index is 6.89. The number of benzene rings is 2. The van der Waals surface area contributed by atoms with E-state index < -0.39 is 8.32 Å². The molecule has 0 saturated carbocycles. The van der Waals surface area contributed by atoms with Gasteiger partial charge in [-0.05, 0) is 27.6 Å². The van der Waals surface area contributed by atoms with Gasteiger partial charge in [0.15, 0.2) is 0 Å². The van der Waals surface area contributed by atoms with E-state index in [2.05, 4.69) is 106 Å². The van der Waals surface area contributed by atoms with Crippen molar-refractivity contribution in [3.63, 3.8) is 0 Å². The highest BCUT2D eigenvalue weighted by atomic mass is 32.2. The second kappa shape index (κ2) is 9.46. The number of hydrogen-bond donors (Lipinski definition) is 0. The minimum absolute atomic E-state index is 0.0149. The Labute approximate surface area is 164 Å². The number of hydrogen-bond acceptors (Lipinski definition) is 2. The molecule has 1 atom stereocenters. The van der Waals surface area contributed by atoms with Gasteiger partial charge in [0.05, 0.1) is 0 Å². The SMILES string of the molecule is CCSC#CC(C)CO[Si](c1ccccc1)(c1ccccc1)C(C)(C)C. The van der Waals surface area contributed by atoms with Crippen molar-refractivity contribution in [2.75, 3.05) is 12.4 Å². The van der Waals surface area contributed by atoms with E-state index in [0.717, 1.165) is 5.75 Å². The van der Waals surface area contributed by atoms with Crippen LogP contribution in [-0.2, 0) is 4.43 Å². The molecule has 0 aliphatic rings. The third kappa shape index (κ3) is 4.82. The largest absolute Gasteiger partial charge is 0.406 e. The van der Waals surface area contributed by atoms with Crippen molar-refractivity contribution in [2.24, 2.45) is 5.92 Å². The Balaban J connectivity index is 2.46. The molecular weight excluding hydrogens is 352 g/mol. The lowest BCUT2D eigenvalue weighted by atomic mass is 10.2. The van der Waals surface area contributed by atoms with Crippen LogP contribution in [0.5, 0.6) is 0 Å². The monoisotopic (exact) mass is 382 g/mol. The van der Waals surface area contributed by atoms with E-state index in [0.29, 0.717) is 6.61 Å². The molecular formula is C23H30OSSi. The van der Waals surface area contributed by atoms with Gasteiger partial charge in [-0.15, -0.1) is 0 Å². The zero-order chi connectivity index (χ0) is 19.0. The highest BCUT2D eigenvalue weighted by Gasteiger charge is 2.50. The summed E-state index contributed by atoms with van der Waals surface area (Å²) in [5.74, 6) is 4.56. The van der Waals surface area contributed by atoms with Crippen LogP contribution >= 0.6 is 11.8 Å². The molecule has 0 fully saturated rings. The molecule has 3 heteroatoms. The van der Waals surface area contributed by atoms with Crippen molar-refractivity contribution in [1.82, 2.24) is 0 Å². The second-order valence-corrected chi connectivity index (χ2v) is 12.9. The first-order chi connectivity index (χ1) is 12.4. The molecule has 0 saturated heterocycles. The quantitative estimate of drug-likeness (QED) is 0.518. The van der Waals surface area contributed by atoms with Crippen molar-refractivity contribution >= 4 is 30.5 Å². The van der Waals surface area contributed by atoms with Gasteiger partial charge in [0.2, 0.25) is 0 Å². The molecule has 1 unspecified atom stereocenters. The Morgan fingerprint density at radius 2 is 1.46 bits per heavy atom. The molecule has 2 rings (SSSR count). The number of rotatable bonds is 6. The van der Waals surface area contributed by atoms with Gasteiger partial charge in [-0.25, -0.2) is 0 Å². The van der Waals surface area contributed by atoms with Gasteiger partial charge in [-0.1, -0.05) is 106 Å². The lowest BCUT2D eigenvalue weighted by Crippen LogP contribution is -2.66. The van der Waals surface area contributed by atoms with Crippen molar-refractivity contribution < 1.29 is 4.43 Å². The molecule has 2 aromatic carbocycles. The Kier molecular flexibility index (Phi) is 7.58. The standard InChI is InChI=1S/C23H30OSSi/c1-6-25-18-17-20(2)19-24-26(23(3,4)5,21-13-9-7-10-14-21)22-15-11-8-12-16-22/h7-16,20H,6,19H2,1-5H3. The average molecular weight is 383 g/mol. The van der Waals surface area contributed by atoms with Crippen LogP contribution < -0.4 is 10.4 Å². The summed E-state index contributed by atoms with van der Waals surface area (Å²) in [6.45, 7) is 11.9. The minimum atomic E-state index is -2.43. The van der Waals surface area contributed by atoms with E-state index >= 15 is 0 Å². The summed E-state index contributed by atoms with van der Waals surface area (Å²) in [5.41, 5.74) is 0. The van der Waals surface area contributed by atoms with Crippen LogP contribution in [0.3, 0.4) is 0 Å². The van der Waals surface area contributed by atoms with Gasteiger partial charge in [-0.3, -0.25) is 0 Å². The average Bonchev–Trinajstić information content (AvgIpc) is 2.63. The van der Waals surface area contributed by atoms with Gasteiger partial charge in [0, 0.05) is 18.3 Å². The van der Waals surface area contributed by atoms with E-state index in [-0.39, 0.29) is 11.0 Å². The van der Waals surface area contributed by atoms with Crippen LogP contribution in [0, 0.1) is 17.1 Å². The lowest BCUT2D eigenvalue weighted by molar-refractivity contribution is 0.272. The molecule has 0 N–H and O–H groups in total. The maximum absolute atomic E-state index is 6.89. The highest BCUT2D eigenvalue weighted by Crippen LogP contribution is 2.36. The summed E-state index contributed by atoms with van der Waals surface area (Å²) in [6.07, 6.45) is 0. The van der Waals surface area contributed by atoms with E-state index in [4.69, 9.17) is 4.43 Å². The summed E-state index contributed by atoms with van der Waals surface area (Å²) in [7, 11) is -2.43. The van der Waals surface area contributed by atoms with Gasteiger partial charge >= 0.3 is 0 Å². The molecule has 0 spiro atoms. The molecule has 2 aromatic rings. The van der Waals surface area contributed by atoms with E-state index in [9.17, 15) is 0 Å². The lowest BCUT2D eigenvalue weighted by Gasteiger charge is -2.43. The van der Waals surface area contributed by atoms with Crippen molar-refractivity contribution in [1.29, 1.82) is 0 Å². The van der Waals surface area contributed by atoms with Crippen molar-refractivity contribution in [3.05, 3.63) is 60.7 Å². The molecule has 0 aromatic heterocycles. The fraction of sp³-hybridized carbons (Fsp3) is 0.391. The third-order valence-corrected chi connectivity index (χ3v) is 10.0. The normalized spacial score (nSPS) is 13.0. The van der Waals surface area contributed by atoms with E-state index in [1.807, 2.05) is 0 Å². The topological polar surface area (TPSA) is 9.23 Å². The Morgan fingerprint density at radius 3 is 1.88 bits per heavy atom. The summed E-state index contributed by atoms with van der Waals surface area (Å²) in [4.78, 5) is 0. The fourth-order valence-electron chi connectivity index (χ4n) is 3.27. The smallest absolute Gasteiger partial charge is 0.261 e. The van der Waals surface area contributed by atoms with Crippen LogP contribution in [0.15, 0.2) is 60.7 Å². The minimum Gasteiger partial charge on any atom is -0.406 e. The van der Waals surface area contributed by atoms with Crippen LogP contribution in [-0.4, -0.2) is 20.7 Å². The first-order valence-electron chi connectivity index (χ1n) is 9.29. The fourth-order valence-corrected chi connectivity index (χ4v) is 8.35. The van der Waals surface area contributed by atoms with Gasteiger partial charge in [0.1, 0.15) is 0 Å².